The van der Waals surface area contributed by atoms with Gasteiger partial charge in [-0.3, -0.25) is 15.1 Å². The predicted octanol–water partition coefficient (Wildman–Crippen LogP) is 5.60. The predicted molar refractivity (Wildman–Crippen MR) is 107 cm³/mol. The Morgan fingerprint density at radius 1 is 1.33 bits per heavy atom. The SMILES string of the molecule is CCN1c2cc(F)c(C=Nc3ccc([N+](=O)[O-])cc3)cc2C(C)CC1(C)C. The molecule has 3 rings (SSSR count). The van der Waals surface area contributed by atoms with Gasteiger partial charge in [0.05, 0.1) is 10.6 Å². The largest absolute Gasteiger partial charge is 0.366 e. The lowest BCUT2D eigenvalue weighted by molar-refractivity contribution is -0.384. The maximum Gasteiger partial charge on any atom is 0.269 e. The molecule has 0 amide bonds. The highest BCUT2D eigenvalue weighted by molar-refractivity contribution is 5.84. The monoisotopic (exact) mass is 369 g/mol. The number of hydrogen-bond acceptors (Lipinski definition) is 4. The van der Waals surface area contributed by atoms with Crippen LogP contribution in [-0.2, 0) is 0 Å². The lowest BCUT2D eigenvalue weighted by Gasteiger charge is -2.47. The molecule has 1 heterocycles. The Labute approximate surface area is 158 Å². The molecule has 1 aliphatic heterocycles. The molecular weight excluding hydrogens is 345 g/mol. The molecule has 27 heavy (non-hydrogen) atoms. The first kappa shape index (κ1) is 19.0. The molecule has 1 atom stereocenters. The van der Waals surface area contributed by atoms with Crippen molar-refractivity contribution in [2.45, 2.75) is 45.6 Å². The minimum atomic E-state index is -0.459. The smallest absolute Gasteiger partial charge is 0.269 e. The van der Waals surface area contributed by atoms with Crippen molar-refractivity contribution in [1.29, 1.82) is 0 Å². The number of halogens is 1. The van der Waals surface area contributed by atoms with Crippen LogP contribution in [0.3, 0.4) is 0 Å². The van der Waals surface area contributed by atoms with Crippen LogP contribution in [-0.4, -0.2) is 23.2 Å². The van der Waals surface area contributed by atoms with Crippen molar-refractivity contribution in [3.8, 4) is 0 Å². The summed E-state index contributed by atoms with van der Waals surface area (Å²) in [7, 11) is 0. The number of hydrogen-bond donors (Lipinski definition) is 0. The van der Waals surface area contributed by atoms with Crippen LogP contribution in [0.2, 0.25) is 0 Å². The molecule has 0 aliphatic carbocycles. The molecule has 0 fully saturated rings. The third kappa shape index (κ3) is 3.70. The number of fused-ring (bicyclic) bond motifs is 1. The molecule has 5 nitrogen and oxygen atoms in total. The highest BCUT2D eigenvalue weighted by Gasteiger charge is 2.36. The Hall–Kier alpha value is -2.76. The first-order chi connectivity index (χ1) is 12.7. The normalized spacial score (nSPS) is 18.6. The number of anilines is 1. The van der Waals surface area contributed by atoms with Crippen LogP contribution in [0.1, 0.15) is 51.2 Å². The van der Waals surface area contributed by atoms with Crippen molar-refractivity contribution >= 4 is 23.3 Å². The quantitative estimate of drug-likeness (QED) is 0.401. The van der Waals surface area contributed by atoms with Gasteiger partial charge in [0.25, 0.3) is 5.69 Å². The van der Waals surface area contributed by atoms with Crippen molar-refractivity contribution in [3.63, 3.8) is 0 Å². The van der Waals surface area contributed by atoms with Gasteiger partial charge in [0.2, 0.25) is 0 Å². The van der Waals surface area contributed by atoms with E-state index in [1.165, 1.54) is 18.3 Å². The van der Waals surface area contributed by atoms with Crippen molar-refractivity contribution < 1.29 is 9.31 Å². The molecule has 0 aromatic heterocycles. The zero-order valence-corrected chi connectivity index (χ0v) is 16.1. The van der Waals surface area contributed by atoms with E-state index in [0.29, 0.717) is 17.2 Å². The molecule has 1 unspecified atom stereocenters. The van der Waals surface area contributed by atoms with E-state index in [0.717, 1.165) is 24.2 Å². The number of nitrogens with zero attached hydrogens (tertiary/aromatic N) is 3. The molecule has 0 spiro atoms. The van der Waals surface area contributed by atoms with Gasteiger partial charge in [-0.1, -0.05) is 6.92 Å². The molecule has 0 saturated heterocycles. The third-order valence-electron chi connectivity index (χ3n) is 5.23. The number of non-ortho nitro benzene ring substituents is 1. The van der Waals surface area contributed by atoms with Gasteiger partial charge < -0.3 is 4.90 Å². The molecule has 2 aromatic rings. The van der Waals surface area contributed by atoms with Crippen molar-refractivity contribution in [2.75, 3.05) is 11.4 Å². The van der Waals surface area contributed by atoms with Gasteiger partial charge in [0.1, 0.15) is 5.82 Å². The average Bonchev–Trinajstić information content (AvgIpc) is 2.60. The number of nitro benzene ring substituents is 1. The maximum atomic E-state index is 14.7. The molecule has 0 N–H and O–H groups in total. The fourth-order valence-electron chi connectivity index (χ4n) is 4.02. The summed E-state index contributed by atoms with van der Waals surface area (Å²) in [6, 6.07) is 9.36. The molecule has 0 bridgehead atoms. The van der Waals surface area contributed by atoms with Gasteiger partial charge in [0.15, 0.2) is 0 Å². The summed E-state index contributed by atoms with van der Waals surface area (Å²) in [5.41, 5.74) is 3.04. The van der Waals surface area contributed by atoms with Gasteiger partial charge in [0, 0.05) is 41.7 Å². The minimum absolute atomic E-state index is 0.00464. The van der Waals surface area contributed by atoms with Crippen LogP contribution < -0.4 is 4.90 Å². The number of rotatable bonds is 4. The van der Waals surface area contributed by atoms with Gasteiger partial charge in [-0.2, -0.15) is 0 Å². The maximum absolute atomic E-state index is 14.7. The topological polar surface area (TPSA) is 58.7 Å². The Morgan fingerprint density at radius 3 is 2.59 bits per heavy atom. The van der Waals surface area contributed by atoms with Gasteiger partial charge in [-0.15, -0.1) is 0 Å². The second kappa shape index (κ2) is 7.10. The van der Waals surface area contributed by atoms with Crippen molar-refractivity contribution in [3.05, 3.63) is 63.5 Å². The van der Waals surface area contributed by atoms with Gasteiger partial charge in [-0.05, 0) is 62.9 Å². The standard InChI is InChI=1S/C21H24FN3O2/c1-5-24-20-11-19(22)15(10-18(20)14(2)12-21(24,3)4)13-23-16-6-8-17(9-7-16)25(26)27/h6-11,13-14H,5,12H2,1-4H3. The molecule has 1 aliphatic rings. The number of aliphatic imine (C=N–C) groups is 1. The summed E-state index contributed by atoms with van der Waals surface area (Å²) in [6.07, 6.45) is 2.48. The van der Waals surface area contributed by atoms with Crippen LogP contribution in [0.25, 0.3) is 0 Å². The van der Waals surface area contributed by atoms with E-state index >= 15 is 0 Å². The molecule has 0 saturated carbocycles. The first-order valence-corrected chi connectivity index (χ1v) is 9.12. The van der Waals surface area contributed by atoms with E-state index in [-0.39, 0.29) is 17.0 Å². The fourth-order valence-corrected chi connectivity index (χ4v) is 4.02. The molecule has 6 heteroatoms. The van der Waals surface area contributed by atoms with E-state index in [1.807, 2.05) is 6.07 Å². The Morgan fingerprint density at radius 2 is 2.00 bits per heavy atom. The Kier molecular flexibility index (Phi) is 5.00. The van der Waals surface area contributed by atoms with Gasteiger partial charge >= 0.3 is 0 Å². The lowest BCUT2D eigenvalue weighted by atomic mass is 9.79. The van der Waals surface area contributed by atoms with Crippen LogP contribution in [0.4, 0.5) is 21.5 Å². The summed E-state index contributed by atoms with van der Waals surface area (Å²) >= 11 is 0. The highest BCUT2D eigenvalue weighted by atomic mass is 19.1. The van der Waals surface area contributed by atoms with E-state index in [9.17, 15) is 14.5 Å². The van der Waals surface area contributed by atoms with Crippen LogP contribution in [0.15, 0.2) is 41.4 Å². The minimum Gasteiger partial charge on any atom is -0.366 e. The summed E-state index contributed by atoms with van der Waals surface area (Å²) in [5, 5.41) is 10.7. The molecule has 0 radical (unpaired) electrons. The Balaban J connectivity index is 1.94. The number of benzene rings is 2. The van der Waals surface area contributed by atoms with Crippen LogP contribution >= 0.6 is 0 Å². The summed E-state index contributed by atoms with van der Waals surface area (Å²) < 4.78 is 14.7. The van der Waals surface area contributed by atoms with Crippen LogP contribution in [0, 0.1) is 15.9 Å². The first-order valence-electron chi connectivity index (χ1n) is 9.12. The molecule has 142 valence electrons. The third-order valence-corrected chi connectivity index (χ3v) is 5.23. The zero-order valence-electron chi connectivity index (χ0n) is 16.1. The van der Waals surface area contributed by atoms with E-state index < -0.39 is 4.92 Å². The van der Waals surface area contributed by atoms with E-state index in [4.69, 9.17) is 0 Å². The molecule has 2 aromatic carbocycles. The summed E-state index contributed by atoms with van der Waals surface area (Å²) in [5.74, 6) is 0.00712. The molecular formula is C21H24FN3O2. The summed E-state index contributed by atoms with van der Waals surface area (Å²) in [6.45, 7) is 9.46. The Bertz CT molecular complexity index is 891. The van der Waals surface area contributed by atoms with Crippen LogP contribution in [0.5, 0.6) is 0 Å². The zero-order chi connectivity index (χ0) is 19.8. The van der Waals surface area contributed by atoms with E-state index in [1.54, 1.807) is 18.2 Å². The van der Waals surface area contributed by atoms with Crippen molar-refractivity contribution in [2.24, 2.45) is 4.99 Å². The average molecular weight is 369 g/mol. The van der Waals surface area contributed by atoms with E-state index in [2.05, 4.69) is 37.6 Å². The second-order valence-electron chi connectivity index (χ2n) is 7.63. The fraction of sp³-hybridized carbons (Fsp3) is 0.381. The summed E-state index contributed by atoms with van der Waals surface area (Å²) in [4.78, 5) is 16.8. The number of nitro groups is 1. The lowest BCUT2D eigenvalue weighted by Crippen LogP contribution is -2.48. The highest BCUT2D eigenvalue weighted by Crippen LogP contribution is 2.43. The second-order valence-corrected chi connectivity index (χ2v) is 7.63. The van der Waals surface area contributed by atoms with Crippen molar-refractivity contribution in [1.82, 2.24) is 0 Å². The van der Waals surface area contributed by atoms with Gasteiger partial charge in [-0.25, -0.2) is 4.39 Å².